The minimum Gasteiger partial charge on any atom is -0.872 e. The van der Waals surface area contributed by atoms with E-state index in [1.54, 1.807) is 6.07 Å². The number of hydrogen-bond donors (Lipinski definition) is 1. The molecule has 0 atom stereocenters. The molecule has 0 aliphatic carbocycles. The van der Waals surface area contributed by atoms with Gasteiger partial charge in [-0.2, -0.15) is 0 Å². The topological polar surface area (TPSA) is 86.7 Å². The normalized spacial score (nSPS) is 9.89. The van der Waals surface area contributed by atoms with Crippen molar-refractivity contribution in [3.05, 3.63) is 59.7 Å². The van der Waals surface area contributed by atoms with Gasteiger partial charge < -0.3 is 14.9 Å². The molecule has 5 heteroatoms. The first-order valence-corrected chi connectivity index (χ1v) is 5.39. The Morgan fingerprint density at radius 2 is 1.63 bits per heavy atom. The van der Waals surface area contributed by atoms with Crippen molar-refractivity contribution in [3.8, 4) is 11.5 Å². The summed E-state index contributed by atoms with van der Waals surface area (Å²) in [5.41, 5.74) is 0.0797. The predicted molar refractivity (Wildman–Crippen MR) is 64.2 cm³/mol. The first kappa shape index (κ1) is 12.6. The molecule has 0 bridgehead atoms. The number of hydrogen-bond acceptors (Lipinski definition) is 4. The molecule has 0 unspecified atom stereocenters. The van der Waals surface area contributed by atoms with E-state index in [1.807, 2.05) is 0 Å². The van der Waals surface area contributed by atoms with Gasteiger partial charge in [0.15, 0.2) is 0 Å². The monoisotopic (exact) mass is 257 g/mol. The van der Waals surface area contributed by atoms with Crippen LogP contribution in [-0.2, 0) is 0 Å². The number of para-hydroxylation sites is 1. The van der Waals surface area contributed by atoms with Gasteiger partial charge >= 0.3 is 11.9 Å². The van der Waals surface area contributed by atoms with Crippen LogP contribution >= 0.6 is 0 Å². The van der Waals surface area contributed by atoms with Gasteiger partial charge in [0.25, 0.3) is 0 Å². The Bertz CT molecular complexity index is 616. The summed E-state index contributed by atoms with van der Waals surface area (Å²) in [5.74, 6) is -2.15. The summed E-state index contributed by atoms with van der Waals surface area (Å²) in [4.78, 5) is 22.7. The molecule has 0 saturated heterocycles. The maximum Gasteiger partial charge on any atom is 0.343 e. The second-order valence-corrected chi connectivity index (χ2v) is 3.72. The minimum absolute atomic E-state index is 0.0359. The van der Waals surface area contributed by atoms with Crippen molar-refractivity contribution < 1.29 is 24.5 Å². The van der Waals surface area contributed by atoms with E-state index in [-0.39, 0.29) is 22.6 Å². The largest absolute Gasteiger partial charge is 0.872 e. The maximum atomic E-state index is 11.8. The third-order valence-electron chi connectivity index (χ3n) is 2.41. The molecule has 1 N–H and O–H groups in total. The molecule has 0 fully saturated rings. The van der Waals surface area contributed by atoms with Crippen molar-refractivity contribution in [2.75, 3.05) is 0 Å². The molecule has 0 amide bonds. The molecule has 2 aromatic rings. The average molecular weight is 257 g/mol. The quantitative estimate of drug-likeness (QED) is 0.667. The number of aromatic carboxylic acids is 1. The summed E-state index contributed by atoms with van der Waals surface area (Å²) in [6.07, 6.45) is 0. The van der Waals surface area contributed by atoms with Crippen molar-refractivity contribution in [2.45, 2.75) is 0 Å². The lowest BCUT2D eigenvalue weighted by molar-refractivity contribution is -0.268. The minimum atomic E-state index is -1.18. The molecule has 2 aromatic carbocycles. The molecule has 0 heterocycles. The molecule has 0 saturated carbocycles. The molecule has 0 aliphatic rings. The fourth-order valence-electron chi connectivity index (χ4n) is 1.48. The van der Waals surface area contributed by atoms with E-state index in [1.165, 1.54) is 42.5 Å². The van der Waals surface area contributed by atoms with E-state index in [2.05, 4.69) is 0 Å². The van der Waals surface area contributed by atoms with Gasteiger partial charge in [-0.3, -0.25) is 0 Å². The number of carbonyl (C=O) groups is 2. The van der Waals surface area contributed by atoms with E-state index < -0.39 is 11.9 Å². The van der Waals surface area contributed by atoms with Crippen LogP contribution in [0, 0.1) is 0 Å². The molecule has 0 aromatic heterocycles. The first-order chi connectivity index (χ1) is 9.08. The van der Waals surface area contributed by atoms with Gasteiger partial charge in [0.05, 0.1) is 5.56 Å². The highest BCUT2D eigenvalue weighted by molar-refractivity contribution is 5.95. The highest BCUT2D eigenvalue weighted by atomic mass is 16.5. The van der Waals surface area contributed by atoms with Crippen molar-refractivity contribution in [2.24, 2.45) is 0 Å². The summed E-state index contributed by atoms with van der Waals surface area (Å²) in [6, 6.07) is 11.0. The van der Waals surface area contributed by atoms with Crippen LogP contribution in [0.2, 0.25) is 0 Å². The SMILES string of the molecule is O=C(Oc1ccccc1C(=O)O)c1ccc([O-])cc1. The molecule has 19 heavy (non-hydrogen) atoms. The molecule has 0 spiro atoms. The van der Waals surface area contributed by atoms with Crippen LogP contribution in [0.1, 0.15) is 20.7 Å². The fraction of sp³-hybridized carbons (Fsp3) is 0. The van der Waals surface area contributed by atoms with Crippen molar-refractivity contribution in [1.29, 1.82) is 0 Å². The number of ether oxygens (including phenoxy) is 1. The molecule has 2 rings (SSSR count). The van der Waals surface area contributed by atoms with Gasteiger partial charge in [0.2, 0.25) is 0 Å². The van der Waals surface area contributed by atoms with Crippen LogP contribution < -0.4 is 9.84 Å². The summed E-state index contributed by atoms with van der Waals surface area (Å²) in [6.45, 7) is 0. The number of carboxylic acids is 1. The van der Waals surface area contributed by atoms with E-state index in [4.69, 9.17) is 9.84 Å². The van der Waals surface area contributed by atoms with Gasteiger partial charge in [-0.05, 0) is 24.3 Å². The Kier molecular flexibility index (Phi) is 3.47. The molecule has 5 nitrogen and oxygen atoms in total. The third kappa shape index (κ3) is 2.90. The molecular formula is C14H9O5-. The Labute approximate surface area is 108 Å². The van der Waals surface area contributed by atoms with E-state index in [0.29, 0.717) is 0 Å². The maximum absolute atomic E-state index is 11.8. The van der Waals surface area contributed by atoms with Crippen LogP contribution in [0.4, 0.5) is 0 Å². The van der Waals surface area contributed by atoms with Gasteiger partial charge in [0.1, 0.15) is 11.3 Å². The number of carbonyl (C=O) groups excluding carboxylic acids is 1. The lowest BCUT2D eigenvalue weighted by Crippen LogP contribution is -2.11. The second kappa shape index (κ2) is 5.22. The third-order valence-corrected chi connectivity index (χ3v) is 2.41. The van der Waals surface area contributed by atoms with Crippen LogP contribution in [-0.4, -0.2) is 17.0 Å². The number of carboxylic acid groups (broad SMARTS) is 1. The smallest absolute Gasteiger partial charge is 0.343 e. The Balaban J connectivity index is 2.24. The Hall–Kier alpha value is -2.82. The zero-order valence-corrected chi connectivity index (χ0v) is 9.70. The fourth-order valence-corrected chi connectivity index (χ4v) is 1.48. The van der Waals surface area contributed by atoms with Crippen LogP contribution in [0.25, 0.3) is 0 Å². The molecule has 0 radical (unpaired) electrons. The summed E-state index contributed by atoms with van der Waals surface area (Å²) < 4.78 is 5.01. The summed E-state index contributed by atoms with van der Waals surface area (Å²) in [5, 5.41) is 19.9. The van der Waals surface area contributed by atoms with E-state index in [0.717, 1.165) is 0 Å². The predicted octanol–water partition coefficient (Wildman–Crippen LogP) is 1.68. The van der Waals surface area contributed by atoms with Gasteiger partial charge in [-0.25, -0.2) is 9.59 Å². The lowest BCUT2D eigenvalue weighted by atomic mass is 10.2. The van der Waals surface area contributed by atoms with Crippen molar-refractivity contribution in [3.63, 3.8) is 0 Å². The van der Waals surface area contributed by atoms with Crippen LogP contribution in [0.3, 0.4) is 0 Å². The van der Waals surface area contributed by atoms with Gasteiger partial charge in [0, 0.05) is 0 Å². The van der Waals surface area contributed by atoms with Gasteiger partial charge in [-0.15, -0.1) is 5.75 Å². The Morgan fingerprint density at radius 1 is 1.00 bits per heavy atom. The van der Waals surface area contributed by atoms with E-state index in [9.17, 15) is 14.7 Å². The van der Waals surface area contributed by atoms with Crippen LogP contribution in [0.15, 0.2) is 48.5 Å². The highest BCUT2D eigenvalue weighted by Gasteiger charge is 2.14. The van der Waals surface area contributed by atoms with E-state index >= 15 is 0 Å². The number of rotatable bonds is 3. The first-order valence-electron chi connectivity index (χ1n) is 5.39. The van der Waals surface area contributed by atoms with Gasteiger partial charge in [-0.1, -0.05) is 24.3 Å². The number of benzene rings is 2. The van der Waals surface area contributed by atoms with Crippen molar-refractivity contribution >= 4 is 11.9 Å². The molecule has 0 aliphatic heterocycles. The lowest BCUT2D eigenvalue weighted by Gasteiger charge is -2.08. The van der Waals surface area contributed by atoms with Crippen molar-refractivity contribution in [1.82, 2.24) is 0 Å². The summed E-state index contributed by atoms with van der Waals surface area (Å²) in [7, 11) is 0. The highest BCUT2D eigenvalue weighted by Crippen LogP contribution is 2.19. The summed E-state index contributed by atoms with van der Waals surface area (Å²) >= 11 is 0. The average Bonchev–Trinajstić information content (AvgIpc) is 2.39. The standard InChI is InChI=1S/C14H10O5/c15-10-7-5-9(6-8-10)14(18)19-12-4-2-1-3-11(12)13(16)17/h1-8,15H,(H,16,17)/p-1. The Morgan fingerprint density at radius 3 is 2.26 bits per heavy atom. The second-order valence-electron chi connectivity index (χ2n) is 3.72. The zero-order chi connectivity index (χ0) is 13.8. The number of esters is 1. The zero-order valence-electron chi connectivity index (χ0n) is 9.70. The van der Waals surface area contributed by atoms with Crippen LogP contribution in [0.5, 0.6) is 11.5 Å². The molecule has 96 valence electrons. The molecular weight excluding hydrogens is 248 g/mol.